The molecule has 2 amide bonds. The summed E-state index contributed by atoms with van der Waals surface area (Å²) < 4.78 is 10.7. The van der Waals surface area contributed by atoms with E-state index in [0.717, 1.165) is 16.8 Å². The molecule has 7 nitrogen and oxygen atoms in total. The summed E-state index contributed by atoms with van der Waals surface area (Å²) in [6, 6.07) is 16.5. The molecule has 2 heterocycles. The monoisotopic (exact) mass is 443 g/mol. The van der Waals surface area contributed by atoms with E-state index in [9.17, 15) is 9.59 Å². The van der Waals surface area contributed by atoms with Crippen LogP contribution in [0, 0.1) is 13.8 Å². The Kier molecular flexibility index (Phi) is 6.13. The minimum atomic E-state index is -0.408. The van der Waals surface area contributed by atoms with E-state index in [1.165, 1.54) is 12.0 Å². The van der Waals surface area contributed by atoms with Gasteiger partial charge in [0.25, 0.3) is 11.8 Å². The molecule has 0 saturated carbocycles. The Balaban J connectivity index is 1.80. The predicted octanol–water partition coefficient (Wildman–Crippen LogP) is 4.11. The largest absolute Gasteiger partial charge is 0.493 e. The zero-order valence-electron chi connectivity index (χ0n) is 19.0. The maximum Gasteiger partial charge on any atom is 0.278 e. The van der Waals surface area contributed by atoms with Gasteiger partial charge in [-0.15, -0.1) is 0 Å². The smallest absolute Gasteiger partial charge is 0.278 e. The fraction of sp³-hybridized carbons (Fsp3) is 0.192. The highest BCUT2D eigenvalue weighted by Crippen LogP contribution is 2.36. The van der Waals surface area contributed by atoms with Gasteiger partial charge in [0.15, 0.2) is 11.5 Å². The molecule has 7 heteroatoms. The van der Waals surface area contributed by atoms with E-state index in [0.29, 0.717) is 22.8 Å². The van der Waals surface area contributed by atoms with Crippen molar-refractivity contribution in [1.29, 1.82) is 0 Å². The standard InChI is InChI=1S/C26H25N3O4/c1-16-11-17(2)13-20(12-16)28-24-23(18-8-9-21(32-3)22(14-18)33-4)25(30)29(26(24)31)15-19-7-5-6-10-27-19/h5-14,28H,15H2,1-4H3. The van der Waals surface area contributed by atoms with Crippen molar-refractivity contribution in [2.24, 2.45) is 0 Å². The average Bonchev–Trinajstić information content (AvgIpc) is 3.02. The fourth-order valence-corrected chi connectivity index (χ4v) is 3.94. The van der Waals surface area contributed by atoms with E-state index in [-0.39, 0.29) is 17.8 Å². The van der Waals surface area contributed by atoms with Gasteiger partial charge in [-0.1, -0.05) is 18.2 Å². The molecule has 33 heavy (non-hydrogen) atoms. The number of benzene rings is 2. The van der Waals surface area contributed by atoms with Crippen LogP contribution in [0.4, 0.5) is 5.69 Å². The number of nitrogens with zero attached hydrogens (tertiary/aromatic N) is 2. The molecule has 1 N–H and O–H groups in total. The van der Waals surface area contributed by atoms with Crippen LogP contribution in [-0.2, 0) is 16.1 Å². The van der Waals surface area contributed by atoms with Gasteiger partial charge in [0.2, 0.25) is 0 Å². The Hall–Kier alpha value is -4.13. The number of pyridine rings is 1. The van der Waals surface area contributed by atoms with Gasteiger partial charge in [-0.3, -0.25) is 19.5 Å². The van der Waals surface area contributed by atoms with E-state index < -0.39 is 11.8 Å². The topological polar surface area (TPSA) is 80.8 Å². The predicted molar refractivity (Wildman–Crippen MR) is 126 cm³/mol. The molecule has 2 aromatic carbocycles. The summed E-state index contributed by atoms with van der Waals surface area (Å²) in [4.78, 5) is 32.5. The third-order valence-corrected chi connectivity index (χ3v) is 5.38. The average molecular weight is 444 g/mol. The van der Waals surface area contributed by atoms with Crippen molar-refractivity contribution in [2.75, 3.05) is 19.5 Å². The van der Waals surface area contributed by atoms with E-state index in [2.05, 4.69) is 10.3 Å². The Labute approximate surface area is 192 Å². The lowest BCUT2D eigenvalue weighted by Gasteiger charge is -2.15. The Bertz CT molecular complexity index is 1230. The summed E-state index contributed by atoms with van der Waals surface area (Å²) in [6.45, 7) is 4.04. The number of nitrogens with one attached hydrogen (secondary N) is 1. The van der Waals surface area contributed by atoms with E-state index in [4.69, 9.17) is 9.47 Å². The molecule has 0 radical (unpaired) electrons. The van der Waals surface area contributed by atoms with Crippen LogP contribution < -0.4 is 14.8 Å². The molecule has 1 aliphatic rings. The molecule has 1 aromatic heterocycles. The number of carbonyl (C=O) groups is 2. The Morgan fingerprint density at radius 1 is 0.879 bits per heavy atom. The fourth-order valence-electron chi connectivity index (χ4n) is 3.94. The van der Waals surface area contributed by atoms with Gasteiger partial charge in [0, 0.05) is 11.9 Å². The number of hydrogen-bond donors (Lipinski definition) is 1. The molecule has 0 spiro atoms. The molecule has 168 valence electrons. The van der Waals surface area contributed by atoms with Crippen molar-refractivity contribution in [3.8, 4) is 11.5 Å². The number of rotatable bonds is 7. The van der Waals surface area contributed by atoms with Crippen molar-refractivity contribution in [3.63, 3.8) is 0 Å². The molecule has 0 fully saturated rings. The number of anilines is 1. The first-order valence-electron chi connectivity index (χ1n) is 10.5. The summed E-state index contributed by atoms with van der Waals surface area (Å²) in [5.41, 5.74) is 4.51. The SMILES string of the molecule is COc1ccc(C2=C(Nc3cc(C)cc(C)c3)C(=O)N(Cc3ccccn3)C2=O)cc1OC. The number of methoxy groups -OCH3 is 2. The van der Waals surface area contributed by atoms with E-state index in [1.54, 1.807) is 43.6 Å². The minimum absolute atomic E-state index is 0.0767. The summed E-state index contributed by atoms with van der Waals surface area (Å²) in [5, 5.41) is 3.21. The van der Waals surface area contributed by atoms with Gasteiger partial charge in [-0.05, 0) is 66.9 Å². The maximum atomic E-state index is 13.5. The van der Waals surface area contributed by atoms with Gasteiger partial charge in [0.1, 0.15) is 5.70 Å². The van der Waals surface area contributed by atoms with Gasteiger partial charge in [-0.25, -0.2) is 0 Å². The second-order valence-electron chi connectivity index (χ2n) is 7.84. The van der Waals surface area contributed by atoms with Gasteiger partial charge in [-0.2, -0.15) is 0 Å². The van der Waals surface area contributed by atoms with Crippen LogP contribution in [0.25, 0.3) is 5.57 Å². The van der Waals surface area contributed by atoms with Crippen molar-refractivity contribution < 1.29 is 19.1 Å². The minimum Gasteiger partial charge on any atom is -0.493 e. The van der Waals surface area contributed by atoms with E-state index >= 15 is 0 Å². The summed E-state index contributed by atoms with van der Waals surface area (Å²) in [5.74, 6) is 0.198. The third kappa shape index (κ3) is 4.43. The zero-order valence-corrected chi connectivity index (χ0v) is 19.0. The van der Waals surface area contributed by atoms with Crippen LogP contribution in [0.2, 0.25) is 0 Å². The summed E-state index contributed by atoms with van der Waals surface area (Å²) >= 11 is 0. The second kappa shape index (κ2) is 9.16. The van der Waals surface area contributed by atoms with Crippen molar-refractivity contribution >= 4 is 23.1 Å². The lowest BCUT2D eigenvalue weighted by Crippen LogP contribution is -2.32. The first kappa shape index (κ1) is 22.1. The highest BCUT2D eigenvalue weighted by atomic mass is 16.5. The normalized spacial score (nSPS) is 13.5. The lowest BCUT2D eigenvalue weighted by molar-refractivity contribution is -0.137. The van der Waals surface area contributed by atoms with Crippen molar-refractivity contribution in [2.45, 2.75) is 20.4 Å². The quantitative estimate of drug-likeness (QED) is 0.554. The maximum absolute atomic E-state index is 13.5. The van der Waals surface area contributed by atoms with E-state index in [1.807, 2.05) is 38.1 Å². The highest BCUT2D eigenvalue weighted by molar-refractivity contribution is 6.36. The number of aryl methyl sites for hydroxylation is 2. The molecule has 3 aromatic rings. The van der Waals surface area contributed by atoms with Crippen LogP contribution in [0.15, 0.2) is 66.5 Å². The molecule has 0 bridgehead atoms. The Morgan fingerprint density at radius 2 is 1.61 bits per heavy atom. The Morgan fingerprint density at radius 3 is 2.24 bits per heavy atom. The molecule has 0 saturated heterocycles. The van der Waals surface area contributed by atoms with Crippen molar-refractivity contribution in [1.82, 2.24) is 9.88 Å². The lowest BCUT2D eigenvalue weighted by atomic mass is 10.0. The summed E-state index contributed by atoms with van der Waals surface area (Å²) in [7, 11) is 3.07. The second-order valence-corrected chi connectivity index (χ2v) is 7.84. The molecular weight excluding hydrogens is 418 g/mol. The van der Waals surface area contributed by atoms with Crippen LogP contribution >= 0.6 is 0 Å². The third-order valence-electron chi connectivity index (χ3n) is 5.38. The number of aromatic nitrogens is 1. The first-order valence-corrected chi connectivity index (χ1v) is 10.5. The molecular formula is C26H25N3O4. The van der Waals surface area contributed by atoms with Crippen LogP contribution in [-0.4, -0.2) is 35.9 Å². The summed E-state index contributed by atoms with van der Waals surface area (Å²) in [6.07, 6.45) is 1.64. The van der Waals surface area contributed by atoms with Gasteiger partial charge < -0.3 is 14.8 Å². The number of amides is 2. The molecule has 1 aliphatic heterocycles. The number of imide groups is 1. The number of ether oxygens (including phenoxy) is 2. The van der Waals surface area contributed by atoms with Crippen LogP contribution in [0.1, 0.15) is 22.4 Å². The van der Waals surface area contributed by atoms with Crippen LogP contribution in [0.3, 0.4) is 0 Å². The highest BCUT2D eigenvalue weighted by Gasteiger charge is 2.39. The molecule has 4 rings (SSSR count). The van der Waals surface area contributed by atoms with Crippen LogP contribution in [0.5, 0.6) is 11.5 Å². The van der Waals surface area contributed by atoms with Gasteiger partial charge in [0.05, 0.1) is 32.0 Å². The number of hydrogen-bond acceptors (Lipinski definition) is 6. The van der Waals surface area contributed by atoms with Crippen molar-refractivity contribution in [3.05, 3.63) is 88.9 Å². The first-order chi connectivity index (χ1) is 15.9. The van der Waals surface area contributed by atoms with Gasteiger partial charge >= 0.3 is 0 Å². The number of carbonyl (C=O) groups excluding carboxylic acids is 2. The molecule has 0 unspecified atom stereocenters. The molecule has 0 atom stereocenters. The zero-order chi connectivity index (χ0) is 23.5. The molecule has 0 aliphatic carbocycles.